The molecule has 1 saturated heterocycles. The third-order valence-corrected chi connectivity index (χ3v) is 2.93. The van der Waals surface area contributed by atoms with Gasteiger partial charge in [0.05, 0.1) is 25.4 Å². The molecular formula is C11H14ClNO2. The van der Waals surface area contributed by atoms with Crippen molar-refractivity contribution in [2.24, 2.45) is 0 Å². The summed E-state index contributed by atoms with van der Waals surface area (Å²) in [5.74, 6) is 0. The van der Waals surface area contributed by atoms with Crippen molar-refractivity contribution < 1.29 is 9.84 Å². The van der Waals surface area contributed by atoms with Gasteiger partial charge in [-0.15, -0.1) is 0 Å². The molecule has 2 rings (SSSR count). The summed E-state index contributed by atoms with van der Waals surface area (Å²) >= 11 is 6.01. The van der Waals surface area contributed by atoms with E-state index in [9.17, 15) is 5.11 Å². The summed E-state index contributed by atoms with van der Waals surface area (Å²) in [7, 11) is 0. The molecule has 82 valence electrons. The number of nitrogens with one attached hydrogen (secondary N) is 1. The summed E-state index contributed by atoms with van der Waals surface area (Å²) in [6, 6.07) is 7.70. The molecule has 2 N–H and O–H groups in total. The molecule has 1 fully saturated rings. The molecule has 0 bridgehead atoms. The highest BCUT2D eigenvalue weighted by Gasteiger charge is 2.25. The Morgan fingerprint density at radius 3 is 2.87 bits per heavy atom. The van der Waals surface area contributed by atoms with E-state index in [1.165, 1.54) is 0 Å². The number of ether oxygens (including phenoxy) is 1. The van der Waals surface area contributed by atoms with Crippen LogP contribution in [0.2, 0.25) is 5.02 Å². The van der Waals surface area contributed by atoms with Crippen LogP contribution in [0.3, 0.4) is 0 Å². The fraction of sp³-hybridized carbons (Fsp3) is 0.455. The predicted octanol–water partition coefficient (Wildman–Crippen LogP) is 1.19. The highest BCUT2D eigenvalue weighted by Crippen LogP contribution is 2.15. The Balaban J connectivity index is 1.90. The highest BCUT2D eigenvalue weighted by molar-refractivity contribution is 6.31. The molecule has 1 heterocycles. The van der Waals surface area contributed by atoms with Crippen LogP contribution in [-0.4, -0.2) is 30.5 Å². The molecule has 0 aliphatic carbocycles. The Labute approximate surface area is 94.0 Å². The van der Waals surface area contributed by atoms with Gasteiger partial charge in [0.2, 0.25) is 0 Å². The van der Waals surface area contributed by atoms with Crippen LogP contribution in [0.4, 0.5) is 0 Å². The number of aliphatic hydroxyl groups excluding tert-OH is 1. The van der Waals surface area contributed by atoms with Crippen molar-refractivity contribution in [1.29, 1.82) is 0 Å². The molecule has 1 aromatic carbocycles. The van der Waals surface area contributed by atoms with Crippen molar-refractivity contribution in [3.63, 3.8) is 0 Å². The molecule has 0 radical (unpaired) electrons. The lowest BCUT2D eigenvalue weighted by atomic mass is 10.2. The zero-order valence-electron chi connectivity index (χ0n) is 8.32. The van der Waals surface area contributed by atoms with Gasteiger partial charge in [-0.25, -0.2) is 0 Å². The lowest BCUT2D eigenvalue weighted by Gasteiger charge is -2.14. The van der Waals surface area contributed by atoms with Crippen LogP contribution < -0.4 is 5.32 Å². The van der Waals surface area contributed by atoms with Crippen LogP contribution in [-0.2, 0) is 11.3 Å². The van der Waals surface area contributed by atoms with Crippen LogP contribution in [0.5, 0.6) is 0 Å². The molecule has 15 heavy (non-hydrogen) atoms. The van der Waals surface area contributed by atoms with Crippen molar-refractivity contribution in [3.8, 4) is 0 Å². The van der Waals surface area contributed by atoms with Crippen LogP contribution in [0.25, 0.3) is 0 Å². The van der Waals surface area contributed by atoms with E-state index < -0.39 is 6.10 Å². The maximum absolute atomic E-state index is 9.52. The minimum Gasteiger partial charge on any atom is -0.389 e. The molecule has 0 aromatic heterocycles. The van der Waals surface area contributed by atoms with E-state index in [4.69, 9.17) is 16.3 Å². The van der Waals surface area contributed by atoms with Crippen molar-refractivity contribution in [1.82, 2.24) is 5.32 Å². The fourth-order valence-electron chi connectivity index (χ4n) is 1.62. The molecule has 1 aromatic rings. The number of rotatable bonds is 3. The van der Waals surface area contributed by atoms with Crippen LogP contribution >= 0.6 is 11.6 Å². The summed E-state index contributed by atoms with van der Waals surface area (Å²) in [4.78, 5) is 0. The van der Waals surface area contributed by atoms with Crippen molar-refractivity contribution in [3.05, 3.63) is 34.9 Å². The van der Waals surface area contributed by atoms with E-state index in [2.05, 4.69) is 5.32 Å². The Bertz CT molecular complexity index is 332. The Kier molecular flexibility index (Phi) is 3.59. The summed E-state index contributed by atoms with van der Waals surface area (Å²) in [6.45, 7) is 1.64. The maximum atomic E-state index is 9.52. The maximum Gasteiger partial charge on any atom is 0.0948 e. The van der Waals surface area contributed by atoms with E-state index in [1.807, 2.05) is 24.3 Å². The zero-order chi connectivity index (χ0) is 10.7. The van der Waals surface area contributed by atoms with Crippen LogP contribution in [0, 0.1) is 0 Å². The fourth-order valence-corrected chi connectivity index (χ4v) is 1.82. The number of aliphatic hydroxyl groups is 1. The van der Waals surface area contributed by atoms with E-state index in [-0.39, 0.29) is 6.04 Å². The second-order valence-corrected chi connectivity index (χ2v) is 4.09. The van der Waals surface area contributed by atoms with Gasteiger partial charge < -0.3 is 15.2 Å². The van der Waals surface area contributed by atoms with Gasteiger partial charge >= 0.3 is 0 Å². The summed E-state index contributed by atoms with van der Waals surface area (Å²) in [5.41, 5.74) is 1.04. The van der Waals surface area contributed by atoms with Gasteiger partial charge in [0.15, 0.2) is 0 Å². The van der Waals surface area contributed by atoms with Crippen LogP contribution in [0.1, 0.15) is 5.56 Å². The molecule has 2 atom stereocenters. The van der Waals surface area contributed by atoms with E-state index in [0.29, 0.717) is 19.8 Å². The highest BCUT2D eigenvalue weighted by atomic mass is 35.5. The Morgan fingerprint density at radius 2 is 2.20 bits per heavy atom. The number of hydrogen-bond donors (Lipinski definition) is 2. The van der Waals surface area contributed by atoms with Gasteiger partial charge in [-0.2, -0.15) is 0 Å². The number of halogens is 1. The molecule has 0 saturated carbocycles. The number of hydrogen-bond acceptors (Lipinski definition) is 3. The largest absolute Gasteiger partial charge is 0.389 e. The van der Waals surface area contributed by atoms with E-state index in [1.54, 1.807) is 0 Å². The first-order chi connectivity index (χ1) is 7.27. The Morgan fingerprint density at radius 1 is 1.40 bits per heavy atom. The van der Waals surface area contributed by atoms with Crippen molar-refractivity contribution >= 4 is 11.6 Å². The first-order valence-electron chi connectivity index (χ1n) is 5.00. The minimum absolute atomic E-state index is 0.0151. The topological polar surface area (TPSA) is 41.5 Å². The van der Waals surface area contributed by atoms with E-state index >= 15 is 0 Å². The molecular weight excluding hydrogens is 214 g/mol. The Hall–Kier alpha value is -0.610. The van der Waals surface area contributed by atoms with Gasteiger partial charge in [0, 0.05) is 11.6 Å². The summed E-state index contributed by atoms with van der Waals surface area (Å²) in [5, 5.41) is 13.5. The van der Waals surface area contributed by atoms with Gasteiger partial charge in [-0.05, 0) is 11.6 Å². The first kappa shape index (κ1) is 10.9. The average molecular weight is 228 g/mol. The summed E-state index contributed by atoms with van der Waals surface area (Å²) in [6.07, 6.45) is -0.410. The van der Waals surface area contributed by atoms with E-state index in [0.717, 1.165) is 10.6 Å². The zero-order valence-corrected chi connectivity index (χ0v) is 9.07. The molecule has 4 heteroatoms. The molecule has 0 amide bonds. The smallest absolute Gasteiger partial charge is 0.0948 e. The first-order valence-corrected chi connectivity index (χ1v) is 5.38. The molecule has 3 nitrogen and oxygen atoms in total. The summed E-state index contributed by atoms with van der Waals surface area (Å²) < 4.78 is 5.14. The quantitative estimate of drug-likeness (QED) is 0.815. The normalized spacial score (nSPS) is 25.7. The standard InChI is InChI=1S/C11H14ClNO2/c12-9-4-2-1-3-8(9)5-13-10-6-15-7-11(10)14/h1-4,10-11,13-14H,5-7H2/t10-,11-/m1/s1. The second-order valence-electron chi connectivity index (χ2n) is 3.68. The molecule has 0 spiro atoms. The molecule has 1 aliphatic heterocycles. The lowest BCUT2D eigenvalue weighted by molar-refractivity contribution is 0.122. The third-order valence-electron chi connectivity index (χ3n) is 2.56. The van der Waals surface area contributed by atoms with Crippen LogP contribution in [0.15, 0.2) is 24.3 Å². The van der Waals surface area contributed by atoms with Gasteiger partial charge in [-0.3, -0.25) is 0 Å². The monoisotopic (exact) mass is 227 g/mol. The molecule has 0 unspecified atom stereocenters. The predicted molar refractivity (Wildman–Crippen MR) is 58.9 cm³/mol. The van der Waals surface area contributed by atoms with Crippen molar-refractivity contribution in [2.75, 3.05) is 13.2 Å². The average Bonchev–Trinajstić information content (AvgIpc) is 2.63. The molecule has 1 aliphatic rings. The third kappa shape index (κ3) is 2.69. The van der Waals surface area contributed by atoms with Gasteiger partial charge in [-0.1, -0.05) is 29.8 Å². The minimum atomic E-state index is -0.410. The van der Waals surface area contributed by atoms with Gasteiger partial charge in [0.1, 0.15) is 0 Å². The SMILES string of the molecule is O[C@@H]1COC[C@H]1NCc1ccccc1Cl. The number of benzene rings is 1. The lowest BCUT2D eigenvalue weighted by Crippen LogP contribution is -2.38. The van der Waals surface area contributed by atoms with Crippen molar-refractivity contribution in [2.45, 2.75) is 18.7 Å². The second kappa shape index (κ2) is 4.94. The van der Waals surface area contributed by atoms with Gasteiger partial charge in [0.25, 0.3) is 0 Å².